The Morgan fingerprint density at radius 2 is 1.85 bits per heavy atom. The molecule has 0 N–H and O–H groups in total. The highest BCUT2D eigenvalue weighted by molar-refractivity contribution is 14.1. The molecule has 0 aromatic heterocycles. The van der Waals surface area contributed by atoms with Gasteiger partial charge in [-0.05, 0) is 107 Å². The minimum atomic E-state index is -0.319. The fourth-order valence-corrected chi connectivity index (χ4v) is 5.14. The second kappa shape index (κ2) is 10.8. The van der Waals surface area contributed by atoms with Gasteiger partial charge in [-0.3, -0.25) is 9.69 Å². The molecule has 1 saturated heterocycles. The molecule has 0 atom stereocenters. The van der Waals surface area contributed by atoms with Crippen molar-refractivity contribution in [1.29, 1.82) is 0 Å². The second-order valence-corrected chi connectivity index (χ2v) is 10.2. The number of halogens is 3. The lowest BCUT2D eigenvalue weighted by Gasteiger charge is -2.12. The molecule has 0 saturated carbocycles. The Bertz CT molecular complexity index is 1230. The average Bonchev–Trinajstić information content (AvgIpc) is 3.09. The standard InChI is InChI=1S/C25H19BrFIN2O2S/c1-2-30-24(31)23(33-25(30)29-20-10-8-19(27)9-11-20)14-17-5-12-22(21(28)13-17)32-15-16-3-6-18(26)7-4-16/h3-14H,2,15H2,1H3/b23-14+,29-25?. The third-order valence-corrected chi connectivity index (χ3v) is 7.20. The van der Waals surface area contributed by atoms with E-state index in [2.05, 4.69) is 43.5 Å². The van der Waals surface area contributed by atoms with Gasteiger partial charge in [0.25, 0.3) is 5.91 Å². The Balaban J connectivity index is 1.50. The normalized spacial score (nSPS) is 16.1. The largest absolute Gasteiger partial charge is 0.488 e. The molecule has 4 rings (SSSR count). The Kier molecular flexibility index (Phi) is 7.87. The van der Waals surface area contributed by atoms with Gasteiger partial charge in [-0.2, -0.15) is 0 Å². The first-order chi connectivity index (χ1) is 15.9. The molecule has 0 aliphatic carbocycles. The maximum absolute atomic E-state index is 13.2. The van der Waals surface area contributed by atoms with Gasteiger partial charge in [-0.25, -0.2) is 9.38 Å². The smallest absolute Gasteiger partial charge is 0.266 e. The summed E-state index contributed by atoms with van der Waals surface area (Å²) in [5.41, 5.74) is 2.60. The quantitative estimate of drug-likeness (QED) is 0.209. The van der Waals surface area contributed by atoms with E-state index in [1.807, 2.05) is 55.5 Å². The van der Waals surface area contributed by atoms with E-state index >= 15 is 0 Å². The number of carbonyl (C=O) groups is 1. The lowest BCUT2D eigenvalue weighted by atomic mass is 10.2. The molecule has 1 amide bonds. The van der Waals surface area contributed by atoms with E-state index < -0.39 is 0 Å². The van der Waals surface area contributed by atoms with Gasteiger partial charge in [-0.15, -0.1) is 0 Å². The van der Waals surface area contributed by atoms with E-state index in [9.17, 15) is 9.18 Å². The molecule has 3 aromatic carbocycles. The summed E-state index contributed by atoms with van der Waals surface area (Å²) in [5.74, 6) is 0.384. The first-order valence-corrected chi connectivity index (χ1v) is 12.8. The van der Waals surface area contributed by atoms with Gasteiger partial charge >= 0.3 is 0 Å². The number of amidine groups is 1. The lowest BCUT2D eigenvalue weighted by molar-refractivity contribution is -0.122. The van der Waals surface area contributed by atoms with E-state index in [0.29, 0.717) is 28.9 Å². The minimum absolute atomic E-state index is 0.0889. The molecule has 33 heavy (non-hydrogen) atoms. The van der Waals surface area contributed by atoms with Crippen LogP contribution in [0.15, 0.2) is 81.1 Å². The Morgan fingerprint density at radius 1 is 1.12 bits per heavy atom. The number of hydrogen-bond acceptors (Lipinski definition) is 4. The fraction of sp³-hybridized carbons (Fsp3) is 0.120. The molecule has 0 radical (unpaired) electrons. The topological polar surface area (TPSA) is 41.9 Å². The molecule has 8 heteroatoms. The summed E-state index contributed by atoms with van der Waals surface area (Å²) in [7, 11) is 0. The monoisotopic (exact) mass is 636 g/mol. The van der Waals surface area contributed by atoms with Gasteiger partial charge in [0.15, 0.2) is 5.17 Å². The van der Waals surface area contributed by atoms with Crippen molar-refractivity contribution in [3.63, 3.8) is 0 Å². The number of carbonyl (C=O) groups excluding carboxylic acids is 1. The molecule has 3 aromatic rings. The van der Waals surface area contributed by atoms with Crippen molar-refractivity contribution in [2.75, 3.05) is 6.54 Å². The number of rotatable bonds is 6. The van der Waals surface area contributed by atoms with Crippen LogP contribution >= 0.6 is 50.3 Å². The van der Waals surface area contributed by atoms with Crippen molar-refractivity contribution in [2.24, 2.45) is 4.99 Å². The van der Waals surface area contributed by atoms with Crippen LogP contribution in [0.3, 0.4) is 0 Å². The highest BCUT2D eigenvalue weighted by Gasteiger charge is 2.32. The van der Waals surface area contributed by atoms with Crippen LogP contribution in [0.4, 0.5) is 10.1 Å². The van der Waals surface area contributed by atoms with Gasteiger partial charge in [0.1, 0.15) is 18.2 Å². The molecular weight excluding hydrogens is 618 g/mol. The number of likely N-dealkylation sites (N-methyl/N-ethyl adjacent to an activating group) is 1. The molecular formula is C25H19BrFIN2O2S. The first kappa shape index (κ1) is 24.0. The van der Waals surface area contributed by atoms with E-state index in [1.165, 1.54) is 23.9 Å². The number of thioether (sulfide) groups is 1. The summed E-state index contributed by atoms with van der Waals surface area (Å²) < 4.78 is 21.1. The maximum atomic E-state index is 13.2. The van der Waals surface area contributed by atoms with Crippen LogP contribution in [0.25, 0.3) is 6.08 Å². The fourth-order valence-electron chi connectivity index (χ4n) is 3.11. The van der Waals surface area contributed by atoms with Crippen LogP contribution in [0.5, 0.6) is 5.75 Å². The third kappa shape index (κ3) is 6.04. The highest BCUT2D eigenvalue weighted by Crippen LogP contribution is 2.35. The Labute approximate surface area is 218 Å². The van der Waals surface area contributed by atoms with Crippen molar-refractivity contribution >= 4 is 73.1 Å². The zero-order chi connectivity index (χ0) is 23.4. The summed E-state index contributed by atoms with van der Waals surface area (Å²) in [6, 6.07) is 19.8. The van der Waals surface area contributed by atoms with Crippen LogP contribution < -0.4 is 4.74 Å². The molecule has 1 aliphatic rings. The van der Waals surface area contributed by atoms with Crippen LogP contribution in [0.2, 0.25) is 0 Å². The first-order valence-electron chi connectivity index (χ1n) is 10.2. The number of hydrogen-bond donors (Lipinski definition) is 0. The number of amides is 1. The van der Waals surface area contributed by atoms with Crippen LogP contribution in [-0.2, 0) is 11.4 Å². The second-order valence-electron chi connectivity index (χ2n) is 7.14. The van der Waals surface area contributed by atoms with Gasteiger partial charge in [0, 0.05) is 11.0 Å². The zero-order valence-electron chi connectivity index (χ0n) is 17.6. The van der Waals surface area contributed by atoms with Gasteiger partial charge in [0.05, 0.1) is 14.2 Å². The van der Waals surface area contributed by atoms with E-state index in [4.69, 9.17) is 4.74 Å². The van der Waals surface area contributed by atoms with Crippen LogP contribution in [0.1, 0.15) is 18.1 Å². The van der Waals surface area contributed by atoms with Crippen LogP contribution in [0, 0.1) is 9.39 Å². The summed E-state index contributed by atoms with van der Waals surface area (Å²) >= 11 is 7.00. The average molecular weight is 637 g/mol. The van der Waals surface area contributed by atoms with Gasteiger partial charge in [-0.1, -0.05) is 34.1 Å². The van der Waals surface area contributed by atoms with Crippen molar-refractivity contribution in [2.45, 2.75) is 13.5 Å². The number of benzene rings is 3. The molecule has 168 valence electrons. The molecule has 0 unspecified atom stereocenters. The Hall–Kier alpha value is -2.17. The van der Waals surface area contributed by atoms with E-state index in [0.717, 1.165) is 24.9 Å². The van der Waals surface area contributed by atoms with Crippen molar-refractivity contribution in [1.82, 2.24) is 4.90 Å². The highest BCUT2D eigenvalue weighted by atomic mass is 127. The number of ether oxygens (including phenoxy) is 1. The predicted molar refractivity (Wildman–Crippen MR) is 144 cm³/mol. The van der Waals surface area contributed by atoms with Crippen LogP contribution in [-0.4, -0.2) is 22.5 Å². The van der Waals surface area contributed by atoms with Crippen molar-refractivity contribution < 1.29 is 13.9 Å². The SMILES string of the molecule is CCN1C(=O)/C(=C\c2ccc(OCc3ccc(Br)cc3)c(I)c2)SC1=Nc1ccc(F)cc1. The molecule has 1 heterocycles. The van der Waals surface area contributed by atoms with E-state index in [-0.39, 0.29) is 11.7 Å². The number of aliphatic imine (C=N–C) groups is 1. The molecule has 1 fully saturated rings. The summed E-state index contributed by atoms with van der Waals surface area (Å²) in [4.78, 5) is 19.7. The zero-order valence-corrected chi connectivity index (χ0v) is 22.2. The lowest BCUT2D eigenvalue weighted by Crippen LogP contribution is -2.28. The third-order valence-electron chi connectivity index (χ3n) is 4.82. The van der Waals surface area contributed by atoms with Gasteiger partial charge < -0.3 is 4.74 Å². The molecule has 1 aliphatic heterocycles. The van der Waals surface area contributed by atoms with Crippen molar-refractivity contribution in [3.05, 3.63) is 96.6 Å². The molecule has 4 nitrogen and oxygen atoms in total. The minimum Gasteiger partial charge on any atom is -0.488 e. The summed E-state index contributed by atoms with van der Waals surface area (Å²) in [5, 5.41) is 0.588. The summed E-state index contributed by atoms with van der Waals surface area (Å²) in [6.07, 6.45) is 1.86. The van der Waals surface area contributed by atoms with E-state index in [1.54, 1.807) is 17.0 Å². The Morgan fingerprint density at radius 3 is 2.52 bits per heavy atom. The molecule has 0 spiro atoms. The maximum Gasteiger partial charge on any atom is 0.266 e. The summed E-state index contributed by atoms with van der Waals surface area (Å²) in [6.45, 7) is 2.89. The van der Waals surface area contributed by atoms with Crippen molar-refractivity contribution in [3.8, 4) is 5.75 Å². The molecule has 0 bridgehead atoms. The number of nitrogens with zero attached hydrogens (tertiary/aromatic N) is 2. The van der Waals surface area contributed by atoms with Gasteiger partial charge in [0.2, 0.25) is 0 Å². The predicted octanol–water partition coefficient (Wildman–Crippen LogP) is 7.40.